The molecule has 9 nitrogen and oxygen atoms in total. The van der Waals surface area contributed by atoms with Crippen LogP contribution in [0, 0.1) is 24.7 Å². The van der Waals surface area contributed by atoms with E-state index >= 15 is 0 Å². The molecule has 0 bridgehead atoms. The van der Waals surface area contributed by atoms with Crippen molar-refractivity contribution in [2.75, 3.05) is 70.2 Å². The normalized spacial score (nSPS) is 9.98. The van der Waals surface area contributed by atoms with Crippen molar-refractivity contribution in [3.8, 4) is 67.9 Å². The number of halogens is 6. The minimum Gasteiger partial charge on any atom is -0.497 e. The van der Waals surface area contributed by atoms with E-state index in [1.807, 2.05) is 97.1 Å². The summed E-state index contributed by atoms with van der Waals surface area (Å²) in [7, 11) is 14.6. The number of hydrogen-bond acceptors (Lipinski definition) is 9. The molecule has 7 aromatic rings. The van der Waals surface area contributed by atoms with Gasteiger partial charge in [-0.25, -0.2) is 4.21 Å². The first-order valence-electron chi connectivity index (χ1n) is 24.8. The summed E-state index contributed by atoms with van der Waals surface area (Å²) < 4.78 is 118. The summed E-state index contributed by atoms with van der Waals surface area (Å²) in [6.07, 6.45) is -9.02. The van der Waals surface area contributed by atoms with Crippen molar-refractivity contribution in [2.45, 2.75) is 120 Å². The van der Waals surface area contributed by atoms with Crippen LogP contribution in [0.2, 0.25) is 0 Å². The van der Waals surface area contributed by atoms with Crippen LogP contribution in [0.25, 0.3) is 33.4 Å². The van der Waals surface area contributed by atoms with E-state index in [0.29, 0.717) is 5.41 Å². The molecule has 7 rings (SSSR count). The number of benzene rings is 7. The van der Waals surface area contributed by atoms with Gasteiger partial charge in [0, 0.05) is 20.5 Å². The summed E-state index contributed by atoms with van der Waals surface area (Å²) in [4.78, 5) is 0. The predicted octanol–water partition coefficient (Wildman–Crippen LogP) is 22.2. The smallest absolute Gasteiger partial charge is 0.402 e. The van der Waals surface area contributed by atoms with Crippen molar-refractivity contribution in [1.29, 1.82) is 0 Å². The van der Waals surface area contributed by atoms with Crippen molar-refractivity contribution in [2.24, 2.45) is 10.8 Å². The maximum Gasteiger partial charge on any atom is 0.402 e. The average Bonchev–Trinajstić information content (AvgIpc) is 1.99. The molecule has 0 aliphatic rings. The Kier molecular flexibility index (Phi) is 55.4. The standard InChI is InChI=1S/C20H18O2.C14H14O2.C8H10O2.C8H10.C5H6F6.C5H12.C2H6O2S.C2H6O.7CH4/c1-21-19-11-7-17(8-12-19)15-3-5-16(6-4-15)18-9-13-20(22-2)14-10-18;1-15-13-7-3-11(4-8-13)12-5-9-14(16-2)10-6-12;1-9-7-3-5-8(10-2)6-4-7;1-7-3-5-8(2)6-4-7;1-3(2,4(6,7)8)5(9,10)11;1-5(2,3)4;1-4-5(2)3;1-3-2;;;;;;;/h3-14H,1-2H3;3-10H,1-2H3;3-6H,1-2H3;3-6H,1-2H3;1-2H3;1-4H3;1-2H3;1-2H3;7*1H4. The molecule has 0 saturated heterocycles. The minimum absolute atomic E-state index is 0. The molecule has 1 atom stereocenters. The number of rotatable bonds is 10. The highest BCUT2D eigenvalue weighted by atomic mass is 32.2. The Morgan fingerprint density at radius 3 is 0.506 bits per heavy atom. The van der Waals surface area contributed by atoms with E-state index in [4.69, 9.17) is 28.4 Å². The summed E-state index contributed by atoms with van der Waals surface area (Å²) in [5.74, 6) is 5.19. The van der Waals surface area contributed by atoms with Crippen LogP contribution in [-0.4, -0.2) is 86.8 Å². The van der Waals surface area contributed by atoms with Crippen LogP contribution < -0.4 is 28.4 Å². The molecule has 0 N–H and O–H groups in total. The third kappa shape index (κ3) is 40.9. The molecule has 0 aromatic heterocycles. The summed E-state index contributed by atoms with van der Waals surface area (Å²) >= 11 is -1.07. The number of ether oxygens (including phenoxy) is 7. The van der Waals surface area contributed by atoms with E-state index in [1.165, 1.54) is 57.9 Å². The van der Waals surface area contributed by atoms with Gasteiger partial charge in [0.15, 0.2) is 16.5 Å². The zero-order chi connectivity index (χ0) is 61.1. The third-order valence-corrected chi connectivity index (χ3v) is 10.9. The molecular weight excluding hydrogens is 1140 g/mol. The van der Waals surface area contributed by atoms with Gasteiger partial charge >= 0.3 is 12.4 Å². The molecule has 0 amide bonds. The Labute approximate surface area is 526 Å². The molecule has 1 unspecified atom stereocenters. The van der Waals surface area contributed by atoms with E-state index in [1.54, 1.807) is 56.9 Å². The second-order valence-electron chi connectivity index (χ2n) is 19.1. The molecular formula is C71H110F6O9S. The zero-order valence-electron chi connectivity index (χ0n) is 49.5. The van der Waals surface area contributed by atoms with Crippen LogP contribution in [0.1, 0.15) is 105 Å². The summed E-state index contributed by atoms with van der Waals surface area (Å²) in [5, 5.41) is 0. The highest BCUT2D eigenvalue weighted by Crippen LogP contribution is 2.49. The summed E-state index contributed by atoms with van der Waals surface area (Å²) in [5.41, 5.74) is 6.63. The molecule has 0 heterocycles. The van der Waals surface area contributed by atoms with Gasteiger partial charge in [-0.05, 0) is 139 Å². The highest BCUT2D eigenvalue weighted by molar-refractivity contribution is 7.79. The molecule has 0 spiro atoms. The molecule has 0 saturated carbocycles. The molecule has 496 valence electrons. The first-order chi connectivity index (χ1) is 37.5. The maximum absolute atomic E-state index is 11.6. The molecule has 7 aromatic carbocycles. The Morgan fingerprint density at radius 1 is 0.299 bits per heavy atom. The SMILES string of the molecule is C.C.C.C.C.C.C.CC(C)(C(F)(F)F)C(F)(F)F.CC(C)(C)C.COC.COS(C)=O.COc1ccc(-c2ccc(-c3ccc(OC)cc3)cc2)cc1.COc1ccc(-c2ccc(OC)cc2)cc1.COc1ccc(OC)cc1.Cc1ccc(C)cc1. The molecule has 16 heteroatoms. The Balaban J connectivity index is -0.000000144. The molecule has 87 heavy (non-hydrogen) atoms. The minimum atomic E-state index is -5.24. The predicted molar refractivity (Wildman–Crippen MR) is 363 cm³/mol. The zero-order valence-corrected chi connectivity index (χ0v) is 50.3. The lowest BCUT2D eigenvalue weighted by Crippen LogP contribution is -2.44. The van der Waals surface area contributed by atoms with Crippen molar-refractivity contribution in [1.82, 2.24) is 0 Å². The van der Waals surface area contributed by atoms with Crippen molar-refractivity contribution in [3.63, 3.8) is 0 Å². The Morgan fingerprint density at radius 2 is 0.414 bits per heavy atom. The van der Waals surface area contributed by atoms with Crippen LogP contribution >= 0.6 is 0 Å². The molecule has 0 fully saturated rings. The van der Waals surface area contributed by atoms with Gasteiger partial charge in [0.2, 0.25) is 0 Å². The van der Waals surface area contributed by atoms with Gasteiger partial charge < -0.3 is 33.2 Å². The van der Waals surface area contributed by atoms with Gasteiger partial charge in [0.1, 0.15) is 34.5 Å². The van der Waals surface area contributed by atoms with Gasteiger partial charge in [-0.15, -0.1) is 0 Å². The van der Waals surface area contributed by atoms with Gasteiger partial charge in [-0.3, -0.25) is 4.18 Å². The fourth-order valence-electron chi connectivity index (χ4n) is 5.50. The number of aryl methyl sites for hydroxylation is 2. The second kappa shape index (κ2) is 50.0. The number of methoxy groups -OCH3 is 7. The van der Waals surface area contributed by atoms with Crippen LogP contribution in [0.15, 0.2) is 170 Å². The number of hydrogen-bond donors (Lipinski definition) is 0. The lowest BCUT2D eigenvalue weighted by Gasteiger charge is -2.29. The molecule has 0 aliphatic heterocycles. The van der Waals surface area contributed by atoms with E-state index in [2.05, 4.69) is 123 Å². The second-order valence-corrected chi connectivity index (χ2v) is 20.3. The highest BCUT2D eigenvalue weighted by Gasteiger charge is 2.64. The lowest BCUT2D eigenvalue weighted by molar-refractivity contribution is -0.327. The van der Waals surface area contributed by atoms with E-state index in [0.717, 1.165) is 34.5 Å². The lowest BCUT2D eigenvalue weighted by atomic mass is 9.92. The maximum atomic E-state index is 11.6. The Bertz CT molecular complexity index is 2510. The largest absolute Gasteiger partial charge is 0.497 e. The monoisotopic (exact) mass is 1250 g/mol. The van der Waals surface area contributed by atoms with Crippen molar-refractivity contribution in [3.05, 3.63) is 181 Å². The van der Waals surface area contributed by atoms with E-state index < -0.39 is 28.8 Å². The van der Waals surface area contributed by atoms with Crippen molar-refractivity contribution >= 4 is 11.1 Å². The van der Waals surface area contributed by atoms with E-state index in [-0.39, 0.29) is 65.8 Å². The van der Waals surface area contributed by atoms with Gasteiger partial charge in [-0.1, -0.05) is 188 Å². The summed E-state index contributed by atoms with van der Waals surface area (Å²) in [6, 6.07) is 56.7. The van der Waals surface area contributed by atoms with E-state index in [9.17, 15) is 30.6 Å². The summed E-state index contributed by atoms with van der Waals surface area (Å²) in [6.45, 7) is 13.2. The average molecular weight is 1250 g/mol. The quantitative estimate of drug-likeness (QED) is 0.124. The Hall–Kier alpha value is -7.01. The third-order valence-electron chi connectivity index (χ3n) is 10.4. The molecule has 0 radical (unpaired) electrons. The molecule has 0 aliphatic carbocycles. The van der Waals surface area contributed by atoms with Gasteiger partial charge in [0.25, 0.3) is 0 Å². The van der Waals surface area contributed by atoms with Crippen LogP contribution in [0.4, 0.5) is 26.3 Å². The fraction of sp³-hybridized carbons (Fsp3) is 0.408. The first-order valence-corrected chi connectivity index (χ1v) is 26.3. The fourth-order valence-corrected chi connectivity index (χ4v) is 5.50. The topological polar surface area (TPSA) is 90.9 Å². The van der Waals surface area contributed by atoms with Gasteiger partial charge in [0.05, 0.1) is 49.8 Å². The number of alkyl halides is 6. The van der Waals surface area contributed by atoms with Crippen LogP contribution in [-0.2, 0) is 20.0 Å². The van der Waals surface area contributed by atoms with Crippen LogP contribution in [0.3, 0.4) is 0 Å². The first kappa shape index (κ1) is 96.3. The van der Waals surface area contributed by atoms with Crippen LogP contribution in [0.5, 0.6) is 34.5 Å². The van der Waals surface area contributed by atoms with Crippen molar-refractivity contribution < 1.29 is 67.9 Å². The van der Waals surface area contributed by atoms with Gasteiger partial charge in [-0.2, -0.15) is 26.3 Å².